The van der Waals surface area contributed by atoms with Gasteiger partial charge in [0, 0.05) is 27.6 Å². The molecule has 0 aliphatic carbocycles. The van der Waals surface area contributed by atoms with Crippen LogP contribution in [0.1, 0.15) is 16.8 Å². The van der Waals surface area contributed by atoms with E-state index in [-0.39, 0.29) is 0 Å². The molecular weight excluding hydrogens is 378 g/mol. The quantitative estimate of drug-likeness (QED) is 0.635. The summed E-state index contributed by atoms with van der Waals surface area (Å²) in [6.07, 6.45) is 0. The Labute approximate surface area is 154 Å². The number of aromatic nitrogens is 2. The average Bonchev–Trinajstić information content (AvgIpc) is 2.58. The van der Waals surface area contributed by atoms with E-state index in [4.69, 9.17) is 5.26 Å². The number of benzene rings is 2. The van der Waals surface area contributed by atoms with Crippen molar-refractivity contribution in [1.82, 2.24) is 9.97 Å². The Morgan fingerprint density at radius 1 is 0.960 bits per heavy atom. The van der Waals surface area contributed by atoms with Crippen molar-refractivity contribution < 1.29 is 0 Å². The largest absolute Gasteiger partial charge is 0.340 e. The molecule has 0 spiro atoms. The number of aryl methyl sites for hydroxylation is 2. The highest BCUT2D eigenvalue weighted by Crippen LogP contribution is 2.24. The van der Waals surface area contributed by atoms with Crippen molar-refractivity contribution in [3.63, 3.8) is 0 Å². The number of anilines is 4. The van der Waals surface area contributed by atoms with Gasteiger partial charge in [0.15, 0.2) is 0 Å². The summed E-state index contributed by atoms with van der Waals surface area (Å²) >= 11 is 3.47. The first kappa shape index (κ1) is 16.9. The van der Waals surface area contributed by atoms with E-state index >= 15 is 0 Å². The zero-order chi connectivity index (χ0) is 17.8. The number of rotatable bonds is 4. The zero-order valence-corrected chi connectivity index (χ0v) is 15.4. The Kier molecular flexibility index (Phi) is 4.96. The zero-order valence-electron chi connectivity index (χ0n) is 13.8. The number of nitrogens with one attached hydrogen (secondary N) is 2. The molecule has 3 aromatic rings. The van der Waals surface area contributed by atoms with Gasteiger partial charge < -0.3 is 10.6 Å². The highest BCUT2D eigenvalue weighted by atomic mass is 79.9. The third-order valence-electron chi connectivity index (χ3n) is 3.58. The smallest absolute Gasteiger partial charge is 0.229 e. The molecule has 0 fully saturated rings. The lowest BCUT2D eigenvalue weighted by Crippen LogP contribution is -2.03. The molecule has 0 amide bonds. The molecule has 0 bridgehead atoms. The molecule has 3 rings (SSSR count). The molecule has 0 radical (unpaired) electrons. The highest BCUT2D eigenvalue weighted by Gasteiger charge is 2.06. The van der Waals surface area contributed by atoms with E-state index in [0.717, 1.165) is 27.1 Å². The lowest BCUT2D eigenvalue weighted by atomic mass is 10.2. The van der Waals surface area contributed by atoms with Crippen LogP contribution in [0.5, 0.6) is 0 Å². The van der Waals surface area contributed by atoms with Crippen molar-refractivity contribution in [1.29, 1.82) is 5.26 Å². The van der Waals surface area contributed by atoms with Crippen molar-refractivity contribution >= 4 is 39.1 Å². The summed E-state index contributed by atoms with van der Waals surface area (Å²) in [6, 6.07) is 17.2. The van der Waals surface area contributed by atoms with Gasteiger partial charge in [0.1, 0.15) is 5.82 Å². The minimum Gasteiger partial charge on any atom is -0.340 e. The first-order chi connectivity index (χ1) is 12.0. The fourth-order valence-corrected chi connectivity index (χ4v) is 2.83. The molecule has 1 heterocycles. The topological polar surface area (TPSA) is 73.6 Å². The Hall–Kier alpha value is -2.91. The Morgan fingerprint density at radius 2 is 1.72 bits per heavy atom. The van der Waals surface area contributed by atoms with Gasteiger partial charge >= 0.3 is 0 Å². The molecule has 124 valence electrons. The van der Waals surface area contributed by atoms with Gasteiger partial charge in [-0.1, -0.05) is 15.9 Å². The van der Waals surface area contributed by atoms with E-state index in [1.165, 1.54) is 0 Å². The number of nitrogens with zero attached hydrogens (tertiary/aromatic N) is 3. The van der Waals surface area contributed by atoms with Gasteiger partial charge in [-0.15, -0.1) is 0 Å². The average molecular weight is 394 g/mol. The molecule has 0 aliphatic heterocycles. The van der Waals surface area contributed by atoms with Gasteiger partial charge in [-0.3, -0.25) is 0 Å². The SMILES string of the molecule is Cc1cc(Nc2ccc(Br)cc2C)nc(Nc2ccc(C#N)cc2)n1. The van der Waals surface area contributed by atoms with Crippen LogP contribution in [-0.2, 0) is 0 Å². The van der Waals surface area contributed by atoms with Crippen LogP contribution in [0, 0.1) is 25.2 Å². The van der Waals surface area contributed by atoms with Crippen LogP contribution in [0.25, 0.3) is 0 Å². The van der Waals surface area contributed by atoms with Gasteiger partial charge in [-0.25, -0.2) is 4.98 Å². The summed E-state index contributed by atoms with van der Waals surface area (Å²) in [5, 5.41) is 15.4. The predicted octanol–water partition coefficient (Wildman–Crippen LogP) is 5.21. The molecule has 5 nitrogen and oxygen atoms in total. The number of hydrogen-bond donors (Lipinski definition) is 2. The summed E-state index contributed by atoms with van der Waals surface area (Å²) in [5.74, 6) is 1.22. The van der Waals surface area contributed by atoms with E-state index in [2.05, 4.69) is 42.6 Å². The third-order valence-corrected chi connectivity index (χ3v) is 4.07. The molecule has 6 heteroatoms. The second-order valence-electron chi connectivity index (χ2n) is 5.62. The minimum atomic E-state index is 0.502. The monoisotopic (exact) mass is 393 g/mol. The summed E-state index contributed by atoms with van der Waals surface area (Å²) < 4.78 is 1.04. The molecular formula is C19H16BrN5. The fraction of sp³-hybridized carbons (Fsp3) is 0.105. The number of halogens is 1. The van der Waals surface area contributed by atoms with Gasteiger partial charge in [0.2, 0.25) is 5.95 Å². The van der Waals surface area contributed by atoms with E-state index in [0.29, 0.717) is 17.3 Å². The standard InChI is InChI=1S/C19H16BrN5/c1-12-9-15(20)5-8-17(12)24-18-10-13(2)22-19(25-18)23-16-6-3-14(11-21)4-7-16/h3-10H,1-2H3,(H2,22,23,24,25). The Balaban J connectivity index is 1.83. The third kappa shape index (κ3) is 4.34. The summed E-state index contributed by atoms with van der Waals surface area (Å²) in [6.45, 7) is 3.96. The van der Waals surface area contributed by atoms with Crippen LogP contribution >= 0.6 is 15.9 Å². The van der Waals surface area contributed by atoms with Crippen molar-refractivity contribution in [2.24, 2.45) is 0 Å². The highest BCUT2D eigenvalue weighted by molar-refractivity contribution is 9.10. The first-order valence-electron chi connectivity index (χ1n) is 7.69. The van der Waals surface area contributed by atoms with Gasteiger partial charge in [-0.05, 0) is 61.9 Å². The Morgan fingerprint density at radius 3 is 2.40 bits per heavy atom. The predicted molar refractivity (Wildman–Crippen MR) is 103 cm³/mol. The summed E-state index contributed by atoms with van der Waals surface area (Å²) in [5.41, 5.74) is 4.40. The lowest BCUT2D eigenvalue weighted by Gasteiger charge is -2.12. The van der Waals surface area contributed by atoms with Crippen LogP contribution < -0.4 is 10.6 Å². The Bertz CT molecular complexity index is 945. The van der Waals surface area contributed by atoms with Crippen molar-refractivity contribution in [2.45, 2.75) is 13.8 Å². The second kappa shape index (κ2) is 7.32. The molecule has 0 aliphatic rings. The maximum Gasteiger partial charge on any atom is 0.229 e. The fourth-order valence-electron chi connectivity index (χ4n) is 2.35. The van der Waals surface area contributed by atoms with Crippen LogP contribution in [0.2, 0.25) is 0 Å². The molecule has 0 saturated carbocycles. The van der Waals surface area contributed by atoms with E-state index in [1.54, 1.807) is 12.1 Å². The molecule has 0 saturated heterocycles. The minimum absolute atomic E-state index is 0.502. The molecule has 0 atom stereocenters. The normalized spacial score (nSPS) is 10.2. The summed E-state index contributed by atoms with van der Waals surface area (Å²) in [7, 11) is 0. The maximum atomic E-state index is 8.86. The number of nitriles is 1. The van der Waals surface area contributed by atoms with Gasteiger partial charge in [-0.2, -0.15) is 10.2 Å². The molecule has 2 aromatic carbocycles. The van der Waals surface area contributed by atoms with Gasteiger partial charge in [0.05, 0.1) is 11.6 Å². The molecule has 0 unspecified atom stereocenters. The lowest BCUT2D eigenvalue weighted by molar-refractivity contribution is 1.11. The van der Waals surface area contributed by atoms with Crippen LogP contribution in [0.15, 0.2) is 53.0 Å². The number of hydrogen-bond acceptors (Lipinski definition) is 5. The maximum absolute atomic E-state index is 8.86. The van der Waals surface area contributed by atoms with E-state index < -0.39 is 0 Å². The van der Waals surface area contributed by atoms with Gasteiger partial charge in [0.25, 0.3) is 0 Å². The van der Waals surface area contributed by atoms with Crippen molar-refractivity contribution in [3.05, 3.63) is 69.8 Å². The summed E-state index contributed by atoms with van der Waals surface area (Å²) in [4.78, 5) is 8.94. The van der Waals surface area contributed by atoms with E-state index in [1.807, 2.05) is 50.2 Å². The van der Waals surface area contributed by atoms with E-state index in [9.17, 15) is 0 Å². The molecule has 25 heavy (non-hydrogen) atoms. The van der Waals surface area contributed by atoms with Crippen LogP contribution in [0.4, 0.5) is 23.1 Å². The van der Waals surface area contributed by atoms with Crippen LogP contribution in [0.3, 0.4) is 0 Å². The first-order valence-corrected chi connectivity index (χ1v) is 8.49. The molecule has 2 N–H and O–H groups in total. The van der Waals surface area contributed by atoms with Crippen LogP contribution in [-0.4, -0.2) is 9.97 Å². The molecule has 1 aromatic heterocycles. The second-order valence-corrected chi connectivity index (χ2v) is 6.53. The van der Waals surface area contributed by atoms with Crippen molar-refractivity contribution in [2.75, 3.05) is 10.6 Å². The van der Waals surface area contributed by atoms with Crippen molar-refractivity contribution in [3.8, 4) is 6.07 Å².